The first-order chi connectivity index (χ1) is 9.99. The first-order valence-electron chi connectivity index (χ1n) is 7.25. The highest BCUT2D eigenvalue weighted by atomic mass is 16.5. The molecule has 0 aliphatic carbocycles. The third kappa shape index (κ3) is 3.69. The zero-order chi connectivity index (χ0) is 15.4. The number of likely N-dealkylation sites (N-methyl/N-ethyl adjacent to an activating group) is 1. The van der Waals surface area contributed by atoms with Gasteiger partial charge in [-0.05, 0) is 55.7 Å². The lowest BCUT2D eigenvalue weighted by Gasteiger charge is -2.21. The first kappa shape index (κ1) is 15.2. The summed E-state index contributed by atoms with van der Waals surface area (Å²) >= 11 is 0. The lowest BCUT2D eigenvalue weighted by Crippen LogP contribution is -2.24. The standard InChI is InChI=1S/C18H24N2O/c1-13-11-15(3)18(12-14(13)2)21-10-9-20(4)17-8-6-5-7-16(17)19/h5-8,11-12H,9-10,19H2,1-4H3. The van der Waals surface area contributed by atoms with Crippen molar-refractivity contribution in [3.63, 3.8) is 0 Å². The molecular formula is C18H24N2O. The van der Waals surface area contributed by atoms with Crippen LogP contribution in [0.2, 0.25) is 0 Å². The van der Waals surface area contributed by atoms with Gasteiger partial charge in [0.25, 0.3) is 0 Å². The molecule has 0 unspecified atom stereocenters. The molecule has 0 fully saturated rings. The number of nitrogen functional groups attached to an aromatic ring is 1. The van der Waals surface area contributed by atoms with Crippen LogP contribution in [0.25, 0.3) is 0 Å². The van der Waals surface area contributed by atoms with Gasteiger partial charge in [-0.25, -0.2) is 0 Å². The lowest BCUT2D eigenvalue weighted by atomic mass is 10.1. The Morgan fingerprint density at radius 2 is 1.67 bits per heavy atom. The van der Waals surface area contributed by atoms with Crippen molar-refractivity contribution < 1.29 is 4.74 Å². The van der Waals surface area contributed by atoms with Crippen LogP contribution in [-0.4, -0.2) is 20.2 Å². The zero-order valence-electron chi connectivity index (χ0n) is 13.3. The molecule has 0 saturated heterocycles. The maximum absolute atomic E-state index is 5.98. The lowest BCUT2D eigenvalue weighted by molar-refractivity contribution is 0.323. The van der Waals surface area contributed by atoms with Crippen LogP contribution in [0.4, 0.5) is 11.4 Å². The van der Waals surface area contributed by atoms with Crippen molar-refractivity contribution >= 4 is 11.4 Å². The quantitative estimate of drug-likeness (QED) is 0.851. The van der Waals surface area contributed by atoms with Crippen molar-refractivity contribution in [2.75, 3.05) is 30.8 Å². The molecule has 0 aliphatic rings. The minimum atomic E-state index is 0.633. The molecule has 0 radical (unpaired) electrons. The third-order valence-corrected chi connectivity index (χ3v) is 3.82. The van der Waals surface area contributed by atoms with Gasteiger partial charge in [0.15, 0.2) is 0 Å². The Hall–Kier alpha value is -2.16. The second kappa shape index (κ2) is 6.53. The molecule has 2 N–H and O–H groups in total. The summed E-state index contributed by atoms with van der Waals surface area (Å²) in [7, 11) is 2.03. The predicted molar refractivity (Wildman–Crippen MR) is 90.3 cm³/mol. The largest absolute Gasteiger partial charge is 0.491 e. The number of rotatable bonds is 5. The molecule has 0 bridgehead atoms. The van der Waals surface area contributed by atoms with Crippen molar-refractivity contribution in [3.8, 4) is 5.75 Å². The van der Waals surface area contributed by atoms with Crippen LogP contribution in [0, 0.1) is 20.8 Å². The third-order valence-electron chi connectivity index (χ3n) is 3.82. The fourth-order valence-electron chi connectivity index (χ4n) is 2.34. The van der Waals surface area contributed by atoms with Crippen molar-refractivity contribution in [2.45, 2.75) is 20.8 Å². The van der Waals surface area contributed by atoms with E-state index >= 15 is 0 Å². The molecular weight excluding hydrogens is 260 g/mol. The van der Waals surface area contributed by atoms with Gasteiger partial charge in [-0.3, -0.25) is 0 Å². The monoisotopic (exact) mass is 284 g/mol. The molecule has 2 rings (SSSR count). The van der Waals surface area contributed by atoms with Crippen LogP contribution in [0.1, 0.15) is 16.7 Å². The number of para-hydroxylation sites is 2. The molecule has 2 aromatic rings. The summed E-state index contributed by atoms with van der Waals surface area (Å²) in [4.78, 5) is 2.12. The average Bonchev–Trinajstić information content (AvgIpc) is 2.44. The number of anilines is 2. The highest BCUT2D eigenvalue weighted by Crippen LogP contribution is 2.23. The Bertz CT molecular complexity index is 623. The highest BCUT2D eigenvalue weighted by molar-refractivity contribution is 5.66. The van der Waals surface area contributed by atoms with Gasteiger partial charge in [0.1, 0.15) is 12.4 Å². The average molecular weight is 284 g/mol. The van der Waals surface area contributed by atoms with Gasteiger partial charge in [-0.1, -0.05) is 18.2 Å². The smallest absolute Gasteiger partial charge is 0.122 e. The number of hydrogen-bond donors (Lipinski definition) is 1. The van der Waals surface area contributed by atoms with E-state index in [0.717, 1.165) is 23.7 Å². The van der Waals surface area contributed by atoms with Gasteiger partial charge in [-0.15, -0.1) is 0 Å². The molecule has 3 nitrogen and oxygen atoms in total. The SMILES string of the molecule is Cc1cc(C)c(OCCN(C)c2ccccc2N)cc1C. The van der Waals surface area contributed by atoms with E-state index in [1.54, 1.807) is 0 Å². The molecule has 0 spiro atoms. The first-order valence-corrected chi connectivity index (χ1v) is 7.25. The van der Waals surface area contributed by atoms with Gasteiger partial charge in [-0.2, -0.15) is 0 Å². The van der Waals surface area contributed by atoms with Crippen LogP contribution in [0.5, 0.6) is 5.75 Å². The minimum absolute atomic E-state index is 0.633. The van der Waals surface area contributed by atoms with Crippen LogP contribution in [0.3, 0.4) is 0 Å². The second-order valence-electron chi connectivity index (χ2n) is 5.53. The Labute approximate surface area is 127 Å². The number of nitrogens with two attached hydrogens (primary N) is 1. The summed E-state index contributed by atoms with van der Waals surface area (Å²) in [5, 5.41) is 0. The molecule has 2 aromatic carbocycles. The summed E-state index contributed by atoms with van der Waals surface area (Å²) in [5.41, 5.74) is 11.6. The maximum atomic E-state index is 5.98. The highest BCUT2D eigenvalue weighted by Gasteiger charge is 2.06. The number of benzene rings is 2. The van der Waals surface area contributed by atoms with Crippen LogP contribution < -0.4 is 15.4 Å². The molecule has 3 heteroatoms. The predicted octanol–water partition coefficient (Wildman–Crippen LogP) is 3.71. The van der Waals surface area contributed by atoms with Gasteiger partial charge in [0, 0.05) is 7.05 Å². The molecule has 0 aromatic heterocycles. The summed E-state index contributed by atoms with van der Waals surface area (Å²) < 4.78 is 5.92. The van der Waals surface area contributed by atoms with E-state index in [1.165, 1.54) is 16.7 Å². The molecule has 21 heavy (non-hydrogen) atoms. The fourth-order valence-corrected chi connectivity index (χ4v) is 2.34. The number of aryl methyl sites for hydroxylation is 3. The van der Waals surface area contributed by atoms with E-state index in [-0.39, 0.29) is 0 Å². The van der Waals surface area contributed by atoms with E-state index in [9.17, 15) is 0 Å². The summed E-state index contributed by atoms with van der Waals surface area (Å²) in [6.45, 7) is 7.74. The van der Waals surface area contributed by atoms with Gasteiger partial charge in [0.05, 0.1) is 17.9 Å². The Balaban J connectivity index is 1.96. The number of nitrogens with zero attached hydrogens (tertiary/aromatic N) is 1. The Morgan fingerprint density at radius 1 is 1.00 bits per heavy atom. The van der Waals surface area contributed by atoms with Crippen molar-refractivity contribution in [3.05, 3.63) is 53.1 Å². The van der Waals surface area contributed by atoms with Crippen LogP contribution in [-0.2, 0) is 0 Å². The van der Waals surface area contributed by atoms with E-state index in [0.29, 0.717) is 6.61 Å². The van der Waals surface area contributed by atoms with E-state index in [2.05, 4.69) is 37.8 Å². The topological polar surface area (TPSA) is 38.5 Å². The van der Waals surface area contributed by atoms with Gasteiger partial charge >= 0.3 is 0 Å². The maximum Gasteiger partial charge on any atom is 0.122 e. The second-order valence-corrected chi connectivity index (χ2v) is 5.53. The van der Waals surface area contributed by atoms with Crippen LogP contribution in [0.15, 0.2) is 36.4 Å². The number of hydrogen-bond acceptors (Lipinski definition) is 3. The van der Waals surface area contributed by atoms with Crippen molar-refractivity contribution in [2.24, 2.45) is 0 Å². The Morgan fingerprint density at radius 3 is 2.38 bits per heavy atom. The number of ether oxygens (including phenoxy) is 1. The summed E-state index contributed by atoms with van der Waals surface area (Å²) in [6, 6.07) is 12.2. The normalized spacial score (nSPS) is 10.5. The minimum Gasteiger partial charge on any atom is -0.491 e. The zero-order valence-corrected chi connectivity index (χ0v) is 13.3. The van der Waals surface area contributed by atoms with Gasteiger partial charge < -0.3 is 15.4 Å². The molecule has 0 heterocycles. The Kier molecular flexibility index (Phi) is 4.73. The molecule has 0 atom stereocenters. The van der Waals surface area contributed by atoms with E-state index in [4.69, 9.17) is 10.5 Å². The van der Waals surface area contributed by atoms with E-state index in [1.807, 2.05) is 31.3 Å². The molecule has 0 saturated carbocycles. The van der Waals surface area contributed by atoms with E-state index < -0.39 is 0 Å². The fraction of sp³-hybridized carbons (Fsp3) is 0.333. The summed E-state index contributed by atoms with van der Waals surface area (Å²) in [6.07, 6.45) is 0. The van der Waals surface area contributed by atoms with Gasteiger partial charge in [0.2, 0.25) is 0 Å². The molecule has 112 valence electrons. The van der Waals surface area contributed by atoms with Crippen molar-refractivity contribution in [1.29, 1.82) is 0 Å². The van der Waals surface area contributed by atoms with Crippen LogP contribution >= 0.6 is 0 Å². The molecule has 0 amide bonds. The molecule has 0 aliphatic heterocycles. The summed E-state index contributed by atoms with van der Waals surface area (Å²) in [5.74, 6) is 0.965. The van der Waals surface area contributed by atoms with Crippen molar-refractivity contribution in [1.82, 2.24) is 0 Å².